The molecule has 7 heteroatoms. The lowest BCUT2D eigenvalue weighted by Gasteiger charge is -2.18. The van der Waals surface area contributed by atoms with E-state index in [9.17, 15) is 4.79 Å². The van der Waals surface area contributed by atoms with Crippen molar-refractivity contribution in [2.75, 3.05) is 0 Å². The predicted octanol–water partition coefficient (Wildman–Crippen LogP) is 3.04. The van der Waals surface area contributed by atoms with Crippen LogP contribution in [-0.2, 0) is 13.1 Å². The van der Waals surface area contributed by atoms with Crippen LogP contribution in [0.25, 0.3) is 0 Å². The zero-order chi connectivity index (χ0) is 19.7. The number of amides is 1. The Bertz CT molecular complexity index is 967. The third kappa shape index (κ3) is 3.83. The molecule has 0 spiro atoms. The summed E-state index contributed by atoms with van der Waals surface area (Å²) in [5.41, 5.74) is 3.92. The Balaban J connectivity index is 1.46. The van der Waals surface area contributed by atoms with E-state index in [1.54, 1.807) is 6.33 Å². The maximum absolute atomic E-state index is 12.8. The van der Waals surface area contributed by atoms with Gasteiger partial charge in [-0.05, 0) is 63.3 Å². The van der Waals surface area contributed by atoms with Crippen molar-refractivity contribution in [2.24, 2.45) is 5.92 Å². The van der Waals surface area contributed by atoms with Gasteiger partial charge in [0.05, 0.1) is 18.3 Å². The molecule has 28 heavy (non-hydrogen) atoms. The average molecular weight is 378 g/mol. The molecule has 2 aromatic heterocycles. The van der Waals surface area contributed by atoms with Gasteiger partial charge in [0.1, 0.15) is 12.2 Å². The smallest absolute Gasteiger partial charge is 0.251 e. The van der Waals surface area contributed by atoms with E-state index in [0.717, 1.165) is 42.2 Å². The minimum absolute atomic E-state index is 0.0692. The number of rotatable bonds is 7. The van der Waals surface area contributed by atoms with Crippen molar-refractivity contribution in [3.8, 4) is 0 Å². The fourth-order valence-corrected chi connectivity index (χ4v) is 3.57. The molecule has 0 unspecified atom stereocenters. The van der Waals surface area contributed by atoms with Crippen LogP contribution in [0, 0.1) is 19.8 Å². The highest BCUT2D eigenvalue weighted by Crippen LogP contribution is 2.40. The molecule has 0 radical (unpaired) electrons. The van der Waals surface area contributed by atoms with E-state index >= 15 is 0 Å². The summed E-state index contributed by atoms with van der Waals surface area (Å²) >= 11 is 0. The van der Waals surface area contributed by atoms with E-state index in [0.29, 0.717) is 18.0 Å². The summed E-state index contributed by atoms with van der Waals surface area (Å²) in [5, 5.41) is 11.9. The van der Waals surface area contributed by atoms with Gasteiger partial charge in [0.25, 0.3) is 5.91 Å². The second-order valence-electron chi connectivity index (χ2n) is 7.50. The van der Waals surface area contributed by atoms with E-state index < -0.39 is 0 Å². The lowest BCUT2D eigenvalue weighted by atomic mass is 10.1. The van der Waals surface area contributed by atoms with Crippen LogP contribution < -0.4 is 5.32 Å². The van der Waals surface area contributed by atoms with Crippen molar-refractivity contribution >= 4 is 5.91 Å². The van der Waals surface area contributed by atoms with Crippen LogP contribution in [0.15, 0.2) is 36.7 Å². The highest BCUT2D eigenvalue weighted by molar-refractivity contribution is 5.94. The van der Waals surface area contributed by atoms with E-state index in [-0.39, 0.29) is 11.9 Å². The molecule has 1 fully saturated rings. The molecule has 1 aliphatic carbocycles. The maximum atomic E-state index is 12.8. The zero-order valence-electron chi connectivity index (χ0n) is 16.6. The van der Waals surface area contributed by atoms with Gasteiger partial charge in [0.15, 0.2) is 0 Å². The van der Waals surface area contributed by atoms with Crippen molar-refractivity contribution < 1.29 is 4.79 Å². The molecule has 3 aromatic rings. The fraction of sp³-hybridized carbons (Fsp3) is 0.429. The monoisotopic (exact) mass is 378 g/mol. The number of aromatic nitrogens is 5. The van der Waals surface area contributed by atoms with Crippen molar-refractivity contribution in [1.82, 2.24) is 29.9 Å². The number of hydrogen-bond donors (Lipinski definition) is 1. The molecule has 2 heterocycles. The maximum Gasteiger partial charge on any atom is 0.251 e. The third-order valence-corrected chi connectivity index (χ3v) is 5.26. The summed E-state index contributed by atoms with van der Waals surface area (Å²) in [6.45, 7) is 7.52. The number of hydrogen-bond acceptors (Lipinski definition) is 4. The highest BCUT2D eigenvalue weighted by atomic mass is 16.1. The Morgan fingerprint density at radius 3 is 2.57 bits per heavy atom. The first-order valence-electron chi connectivity index (χ1n) is 9.83. The Hall–Kier alpha value is -2.96. The van der Waals surface area contributed by atoms with Crippen LogP contribution in [0.4, 0.5) is 0 Å². The predicted molar refractivity (Wildman–Crippen MR) is 106 cm³/mol. The van der Waals surface area contributed by atoms with Gasteiger partial charge in [-0.2, -0.15) is 10.2 Å². The molecule has 7 nitrogen and oxygen atoms in total. The van der Waals surface area contributed by atoms with Gasteiger partial charge in [0, 0.05) is 17.8 Å². The van der Waals surface area contributed by atoms with E-state index in [4.69, 9.17) is 0 Å². The van der Waals surface area contributed by atoms with Crippen LogP contribution in [0.2, 0.25) is 0 Å². The summed E-state index contributed by atoms with van der Waals surface area (Å²) in [7, 11) is 0. The second-order valence-corrected chi connectivity index (χ2v) is 7.50. The topological polar surface area (TPSA) is 77.6 Å². The first-order chi connectivity index (χ1) is 13.5. The summed E-state index contributed by atoms with van der Waals surface area (Å²) in [5.74, 6) is 1.23. The van der Waals surface area contributed by atoms with Gasteiger partial charge in [0.2, 0.25) is 0 Å². The minimum atomic E-state index is -0.0793. The first-order valence-corrected chi connectivity index (χ1v) is 9.83. The zero-order valence-corrected chi connectivity index (χ0v) is 16.6. The van der Waals surface area contributed by atoms with Crippen molar-refractivity contribution in [3.05, 3.63) is 65.0 Å². The van der Waals surface area contributed by atoms with E-state index in [2.05, 4.69) is 33.5 Å². The van der Waals surface area contributed by atoms with Crippen LogP contribution in [0.3, 0.4) is 0 Å². The fourth-order valence-electron chi connectivity index (χ4n) is 3.57. The number of nitrogens with zero attached hydrogens (tertiary/aromatic N) is 5. The summed E-state index contributed by atoms with van der Waals surface area (Å²) in [6.07, 6.45) is 3.79. The molecular weight excluding hydrogens is 352 g/mol. The highest BCUT2D eigenvalue weighted by Gasteiger charge is 2.36. The van der Waals surface area contributed by atoms with Crippen LogP contribution in [-0.4, -0.2) is 30.5 Å². The number of aryl methyl sites for hydroxylation is 3. The van der Waals surface area contributed by atoms with Crippen molar-refractivity contribution in [3.63, 3.8) is 0 Å². The standard InChI is InChI=1S/C21H26N6O/c1-4-26-20(22-13-23-26)19(17-9-10-17)24-21(28)18-7-5-16(6-8-18)12-27-15(3)11-14(2)25-27/h5-8,11,13,17,19H,4,9-10,12H2,1-3H3,(H,24,28)/t19-/m0/s1. The Morgan fingerprint density at radius 2 is 1.96 bits per heavy atom. The summed E-state index contributed by atoms with van der Waals surface area (Å²) in [6, 6.07) is 9.73. The lowest BCUT2D eigenvalue weighted by Crippen LogP contribution is -2.32. The van der Waals surface area contributed by atoms with Crippen molar-refractivity contribution in [1.29, 1.82) is 0 Å². The van der Waals surface area contributed by atoms with Gasteiger partial charge in [-0.25, -0.2) is 9.67 Å². The molecule has 1 aromatic carbocycles. The van der Waals surface area contributed by atoms with E-state index in [1.165, 1.54) is 0 Å². The lowest BCUT2D eigenvalue weighted by molar-refractivity contribution is 0.0928. The Kier molecular flexibility index (Phi) is 4.98. The number of carbonyl (C=O) groups excluding carboxylic acids is 1. The normalized spacial score (nSPS) is 14.8. The molecule has 1 N–H and O–H groups in total. The Labute approximate surface area is 164 Å². The molecule has 0 bridgehead atoms. The van der Waals surface area contributed by atoms with Gasteiger partial charge in [-0.3, -0.25) is 9.48 Å². The first kappa shape index (κ1) is 18.4. The SMILES string of the molecule is CCn1ncnc1[C@@H](NC(=O)c1ccc(Cn2nc(C)cc2C)cc1)C1CC1. The summed E-state index contributed by atoms with van der Waals surface area (Å²) in [4.78, 5) is 17.2. The summed E-state index contributed by atoms with van der Waals surface area (Å²) < 4.78 is 3.84. The van der Waals surface area contributed by atoms with Crippen LogP contribution in [0.5, 0.6) is 0 Å². The third-order valence-electron chi connectivity index (χ3n) is 5.26. The van der Waals surface area contributed by atoms with Crippen LogP contribution >= 0.6 is 0 Å². The quantitative estimate of drug-likeness (QED) is 0.685. The molecule has 1 amide bonds. The van der Waals surface area contributed by atoms with Crippen molar-refractivity contribution in [2.45, 2.75) is 52.7 Å². The molecule has 0 saturated heterocycles. The van der Waals surface area contributed by atoms with Gasteiger partial charge in [-0.1, -0.05) is 12.1 Å². The molecule has 1 aliphatic rings. The minimum Gasteiger partial charge on any atom is -0.342 e. The molecular formula is C21H26N6O. The van der Waals surface area contributed by atoms with E-state index in [1.807, 2.05) is 47.5 Å². The van der Waals surface area contributed by atoms with Gasteiger partial charge >= 0.3 is 0 Å². The second kappa shape index (κ2) is 7.58. The van der Waals surface area contributed by atoms with Crippen LogP contribution in [0.1, 0.15) is 58.9 Å². The molecule has 1 atom stereocenters. The number of benzene rings is 1. The largest absolute Gasteiger partial charge is 0.342 e. The number of nitrogens with one attached hydrogen (secondary N) is 1. The molecule has 146 valence electrons. The average Bonchev–Trinajstić information content (AvgIpc) is 3.33. The van der Waals surface area contributed by atoms with Gasteiger partial charge < -0.3 is 5.32 Å². The molecule has 1 saturated carbocycles. The Morgan fingerprint density at radius 1 is 1.21 bits per heavy atom. The molecule has 0 aliphatic heterocycles. The van der Waals surface area contributed by atoms with Gasteiger partial charge in [-0.15, -0.1) is 0 Å². The molecule has 4 rings (SSSR count). The number of carbonyl (C=O) groups is 1.